The molecule has 0 unspecified atom stereocenters. The van der Waals surface area contributed by atoms with Crippen LogP contribution in [-0.4, -0.2) is 22.8 Å². The molecule has 3 heteroatoms. The Labute approximate surface area is 211 Å². The van der Waals surface area contributed by atoms with E-state index in [2.05, 4.69) is 13.8 Å². The Hall–Kier alpha value is 0.137. The molecule has 0 fully saturated rings. The van der Waals surface area contributed by atoms with E-state index < -0.39 is 8.56 Å². The second kappa shape index (κ2) is 26.7. The summed E-state index contributed by atoms with van der Waals surface area (Å²) in [6, 6.07) is 2.38. The second-order valence-electron chi connectivity index (χ2n) is 10.6. The van der Waals surface area contributed by atoms with Crippen LogP contribution >= 0.6 is 0 Å². The quantitative estimate of drug-likeness (QED) is 0.0811. The van der Waals surface area contributed by atoms with Crippen LogP contribution in [0.25, 0.3) is 0 Å². The first-order chi connectivity index (χ1) is 16.2. The molecule has 0 bridgehead atoms. The highest BCUT2D eigenvalue weighted by Gasteiger charge is 2.33. The smallest absolute Gasteiger partial charge is 0.337 e. The lowest BCUT2D eigenvalue weighted by atomic mass is 10.0. The summed E-state index contributed by atoms with van der Waals surface area (Å²) >= 11 is 0. The molecular formula is C30H64O2Si. The molecule has 0 aliphatic heterocycles. The van der Waals surface area contributed by atoms with E-state index in [1.54, 1.807) is 0 Å². The van der Waals surface area contributed by atoms with Crippen LogP contribution in [-0.2, 0) is 8.85 Å². The van der Waals surface area contributed by atoms with Crippen LogP contribution in [0.5, 0.6) is 0 Å². The lowest BCUT2D eigenvalue weighted by molar-refractivity contribution is 0.238. The monoisotopic (exact) mass is 484 g/mol. The Morgan fingerprint density at radius 1 is 0.333 bits per heavy atom. The van der Waals surface area contributed by atoms with Crippen molar-refractivity contribution in [3.8, 4) is 0 Å². The lowest BCUT2D eigenvalue weighted by Gasteiger charge is -2.27. The maximum absolute atomic E-state index is 6.00. The molecule has 0 aliphatic rings. The zero-order valence-electron chi connectivity index (χ0n) is 23.7. The summed E-state index contributed by atoms with van der Waals surface area (Å²) in [5, 5.41) is 0. The Bertz CT molecular complexity index is 357. The summed E-state index contributed by atoms with van der Waals surface area (Å²) < 4.78 is 12.0. The van der Waals surface area contributed by atoms with Crippen molar-refractivity contribution in [2.75, 3.05) is 14.2 Å². The van der Waals surface area contributed by atoms with Gasteiger partial charge in [0.1, 0.15) is 0 Å². The average Bonchev–Trinajstić information content (AvgIpc) is 2.84. The molecule has 0 radical (unpaired) electrons. The van der Waals surface area contributed by atoms with Gasteiger partial charge >= 0.3 is 8.56 Å². The molecule has 0 aromatic carbocycles. The topological polar surface area (TPSA) is 18.5 Å². The number of hydrogen-bond acceptors (Lipinski definition) is 2. The molecule has 0 N–H and O–H groups in total. The molecule has 0 atom stereocenters. The minimum absolute atomic E-state index is 1.19. The van der Waals surface area contributed by atoms with Crippen LogP contribution in [0.4, 0.5) is 0 Å². The standard InChI is InChI=1S/C30H64O2Si/c1-5-7-9-11-13-15-17-18-19-20-22-24-26-28-30-33(31-3,32-4)29-27-25-23-21-16-14-12-10-8-6-2/h5-30H2,1-4H3. The van der Waals surface area contributed by atoms with E-state index in [-0.39, 0.29) is 0 Å². The maximum atomic E-state index is 6.00. The molecule has 0 amide bonds. The van der Waals surface area contributed by atoms with E-state index in [0.29, 0.717) is 0 Å². The lowest BCUT2D eigenvalue weighted by Crippen LogP contribution is -2.39. The average molecular weight is 485 g/mol. The molecule has 33 heavy (non-hydrogen) atoms. The number of rotatable bonds is 28. The molecule has 0 rings (SSSR count). The van der Waals surface area contributed by atoms with Gasteiger partial charge in [-0.15, -0.1) is 0 Å². The van der Waals surface area contributed by atoms with Crippen LogP contribution in [0.15, 0.2) is 0 Å². The van der Waals surface area contributed by atoms with Crippen molar-refractivity contribution >= 4 is 8.56 Å². The Balaban J connectivity index is 3.57. The van der Waals surface area contributed by atoms with Gasteiger partial charge in [-0.05, 0) is 12.1 Å². The molecule has 2 nitrogen and oxygen atoms in total. The summed E-state index contributed by atoms with van der Waals surface area (Å²) in [4.78, 5) is 0. The van der Waals surface area contributed by atoms with Crippen LogP contribution < -0.4 is 0 Å². The minimum atomic E-state index is -1.94. The predicted octanol–water partition coefficient (Wildman–Crippen LogP) is 11.1. The highest BCUT2D eigenvalue weighted by atomic mass is 28.4. The molecule has 0 aliphatic carbocycles. The third kappa shape index (κ3) is 22.4. The molecule has 200 valence electrons. The third-order valence-electron chi connectivity index (χ3n) is 7.57. The molecule has 0 aromatic heterocycles. The van der Waals surface area contributed by atoms with Crippen molar-refractivity contribution in [2.24, 2.45) is 0 Å². The fourth-order valence-electron chi connectivity index (χ4n) is 5.09. The van der Waals surface area contributed by atoms with E-state index in [4.69, 9.17) is 8.85 Å². The fourth-order valence-corrected chi connectivity index (χ4v) is 7.90. The number of unbranched alkanes of at least 4 members (excludes halogenated alkanes) is 22. The minimum Gasteiger partial charge on any atom is -0.398 e. The molecule has 0 spiro atoms. The van der Waals surface area contributed by atoms with Crippen LogP contribution in [0, 0.1) is 0 Å². The van der Waals surface area contributed by atoms with E-state index in [1.807, 2.05) is 14.2 Å². The SMILES string of the molecule is CCCCCCCCCCCCCCCC[Si](CCCCCCCCCCCC)(OC)OC. The van der Waals surface area contributed by atoms with Crippen LogP contribution in [0.3, 0.4) is 0 Å². The van der Waals surface area contributed by atoms with Crippen LogP contribution in [0.2, 0.25) is 12.1 Å². The van der Waals surface area contributed by atoms with E-state index in [1.165, 1.54) is 166 Å². The first-order valence-corrected chi connectivity index (χ1v) is 17.6. The van der Waals surface area contributed by atoms with Gasteiger partial charge in [0.2, 0.25) is 0 Å². The van der Waals surface area contributed by atoms with Gasteiger partial charge in [0, 0.05) is 14.2 Å². The normalized spacial score (nSPS) is 12.0. The van der Waals surface area contributed by atoms with Gasteiger partial charge in [-0.25, -0.2) is 0 Å². The Kier molecular flexibility index (Phi) is 26.8. The fraction of sp³-hybridized carbons (Fsp3) is 1.00. The highest BCUT2D eigenvalue weighted by molar-refractivity contribution is 6.67. The van der Waals surface area contributed by atoms with Crippen molar-refractivity contribution in [2.45, 2.75) is 180 Å². The maximum Gasteiger partial charge on any atom is 0.337 e. The van der Waals surface area contributed by atoms with Crippen molar-refractivity contribution in [3.05, 3.63) is 0 Å². The Morgan fingerprint density at radius 2 is 0.545 bits per heavy atom. The molecule has 0 saturated carbocycles. The Morgan fingerprint density at radius 3 is 0.758 bits per heavy atom. The van der Waals surface area contributed by atoms with E-state index in [0.717, 1.165) is 0 Å². The van der Waals surface area contributed by atoms with Crippen molar-refractivity contribution in [3.63, 3.8) is 0 Å². The second-order valence-corrected chi connectivity index (χ2v) is 14.2. The van der Waals surface area contributed by atoms with Crippen LogP contribution in [0.1, 0.15) is 168 Å². The zero-order valence-corrected chi connectivity index (χ0v) is 24.7. The van der Waals surface area contributed by atoms with Gasteiger partial charge in [-0.3, -0.25) is 0 Å². The van der Waals surface area contributed by atoms with E-state index in [9.17, 15) is 0 Å². The zero-order chi connectivity index (χ0) is 24.3. The summed E-state index contributed by atoms with van der Waals surface area (Å²) in [5.41, 5.74) is 0. The molecular weight excluding hydrogens is 420 g/mol. The van der Waals surface area contributed by atoms with E-state index >= 15 is 0 Å². The van der Waals surface area contributed by atoms with Gasteiger partial charge in [-0.2, -0.15) is 0 Å². The van der Waals surface area contributed by atoms with Gasteiger partial charge in [0.25, 0.3) is 0 Å². The first-order valence-electron chi connectivity index (χ1n) is 15.3. The molecule has 0 aromatic rings. The van der Waals surface area contributed by atoms with Crippen molar-refractivity contribution in [1.29, 1.82) is 0 Å². The van der Waals surface area contributed by atoms with Gasteiger partial charge in [0.05, 0.1) is 0 Å². The van der Waals surface area contributed by atoms with Gasteiger partial charge < -0.3 is 8.85 Å². The van der Waals surface area contributed by atoms with Crippen molar-refractivity contribution < 1.29 is 8.85 Å². The number of hydrogen-bond donors (Lipinski definition) is 0. The third-order valence-corrected chi connectivity index (χ3v) is 11.3. The summed E-state index contributed by atoms with van der Waals surface area (Å²) in [5.74, 6) is 0. The molecule has 0 saturated heterocycles. The van der Waals surface area contributed by atoms with Gasteiger partial charge in [0.15, 0.2) is 0 Å². The van der Waals surface area contributed by atoms with Crippen molar-refractivity contribution in [1.82, 2.24) is 0 Å². The summed E-state index contributed by atoms with van der Waals surface area (Å²) in [6.45, 7) is 4.59. The predicted molar refractivity (Wildman–Crippen MR) is 152 cm³/mol. The first kappa shape index (κ1) is 33.1. The highest BCUT2D eigenvalue weighted by Crippen LogP contribution is 2.25. The summed E-state index contributed by atoms with van der Waals surface area (Å²) in [6.07, 6.45) is 33.9. The summed E-state index contributed by atoms with van der Waals surface area (Å²) in [7, 11) is 1.86. The van der Waals surface area contributed by atoms with Gasteiger partial charge in [-0.1, -0.05) is 168 Å². The molecule has 0 heterocycles. The largest absolute Gasteiger partial charge is 0.398 e.